The van der Waals surface area contributed by atoms with Crippen molar-refractivity contribution in [3.05, 3.63) is 48.2 Å². The fraction of sp³-hybridized carbons (Fsp3) is 0.478. The molecule has 0 atom stereocenters. The van der Waals surface area contributed by atoms with Gasteiger partial charge in [0.1, 0.15) is 6.42 Å². The summed E-state index contributed by atoms with van der Waals surface area (Å²) >= 11 is 0. The van der Waals surface area contributed by atoms with Crippen molar-refractivity contribution in [3.63, 3.8) is 0 Å². The number of rotatable bonds is 6. The van der Waals surface area contributed by atoms with Crippen LogP contribution in [0.4, 0.5) is 24.7 Å². The van der Waals surface area contributed by atoms with Crippen LogP contribution in [0.2, 0.25) is 0 Å². The quantitative estimate of drug-likeness (QED) is 0.715. The molecule has 1 N–H and O–H groups in total. The molecule has 1 aromatic heterocycles. The zero-order valence-corrected chi connectivity index (χ0v) is 18.1. The molecule has 2 aliphatic heterocycles. The first-order chi connectivity index (χ1) is 15.8. The van der Waals surface area contributed by atoms with E-state index >= 15 is 0 Å². The molecule has 0 radical (unpaired) electrons. The van der Waals surface area contributed by atoms with E-state index in [9.17, 15) is 22.8 Å². The number of piperidine rings is 1. The normalized spacial score (nSPS) is 17.5. The van der Waals surface area contributed by atoms with Crippen LogP contribution >= 0.6 is 0 Å². The average molecular weight is 461 g/mol. The van der Waals surface area contributed by atoms with Gasteiger partial charge in [-0.2, -0.15) is 18.3 Å². The number of hydrogen-bond donors (Lipinski definition) is 1. The summed E-state index contributed by atoms with van der Waals surface area (Å²) in [5.41, 5.74) is 1.79. The van der Waals surface area contributed by atoms with Gasteiger partial charge >= 0.3 is 6.18 Å². The van der Waals surface area contributed by atoms with Crippen molar-refractivity contribution < 1.29 is 22.8 Å². The summed E-state index contributed by atoms with van der Waals surface area (Å²) in [5.74, 6) is -0.210. The molecule has 0 spiro atoms. The Morgan fingerprint density at radius 3 is 2.33 bits per heavy atom. The molecule has 2 fully saturated rings. The lowest BCUT2D eigenvalue weighted by atomic mass is 9.90. The van der Waals surface area contributed by atoms with Gasteiger partial charge in [-0.15, -0.1) is 5.10 Å². The monoisotopic (exact) mass is 461 g/mol. The number of nitrogens with one attached hydrogen (secondary N) is 1. The Kier molecular flexibility index (Phi) is 6.92. The van der Waals surface area contributed by atoms with Crippen LogP contribution < -0.4 is 10.2 Å². The van der Waals surface area contributed by atoms with Crippen LogP contribution in [-0.2, 0) is 16.0 Å². The molecule has 176 valence electrons. The summed E-state index contributed by atoms with van der Waals surface area (Å²) in [6, 6.07) is 11.2. The van der Waals surface area contributed by atoms with Gasteiger partial charge in [0.15, 0.2) is 5.82 Å². The maximum absolute atomic E-state index is 13.0. The molecule has 33 heavy (non-hydrogen) atoms. The Morgan fingerprint density at radius 1 is 1.09 bits per heavy atom. The Balaban J connectivity index is 1.38. The second-order valence-electron chi connectivity index (χ2n) is 8.60. The maximum atomic E-state index is 13.0. The number of carbonyl (C=O) groups is 2. The highest BCUT2D eigenvalue weighted by molar-refractivity contribution is 6.01. The molecule has 1 aromatic carbocycles. The van der Waals surface area contributed by atoms with Gasteiger partial charge in [-0.3, -0.25) is 14.5 Å². The second-order valence-corrected chi connectivity index (χ2v) is 8.60. The lowest BCUT2D eigenvalue weighted by Gasteiger charge is -2.33. The molecule has 2 saturated heterocycles. The minimum atomic E-state index is -4.47. The van der Waals surface area contributed by atoms with Crippen LogP contribution in [0.5, 0.6) is 0 Å². The molecule has 0 unspecified atom stereocenters. The van der Waals surface area contributed by atoms with Gasteiger partial charge in [0.25, 0.3) is 0 Å². The predicted molar refractivity (Wildman–Crippen MR) is 116 cm³/mol. The summed E-state index contributed by atoms with van der Waals surface area (Å²) in [6.07, 6.45) is -2.19. The van der Waals surface area contributed by atoms with E-state index in [0.29, 0.717) is 56.4 Å². The van der Waals surface area contributed by atoms with Gasteiger partial charge in [-0.1, -0.05) is 12.1 Å². The number of halogens is 3. The van der Waals surface area contributed by atoms with E-state index in [2.05, 4.69) is 15.5 Å². The Bertz CT molecular complexity index is 956. The fourth-order valence-electron chi connectivity index (χ4n) is 4.22. The lowest BCUT2D eigenvalue weighted by Crippen LogP contribution is -2.51. The summed E-state index contributed by atoms with van der Waals surface area (Å²) in [7, 11) is 0. The standard InChI is InChI=1S/C23H26F3N5O2/c24-23(25,26)13-21(32)30-10-7-17(8-11-30)12-16-3-5-19(6-4-16)31(20-2-1-9-28-29-20)22(33)18-14-27-15-18/h1-6,9,17-18,27H,7-8,10-15H2. The Hall–Kier alpha value is -3.01. The maximum Gasteiger partial charge on any atom is 0.397 e. The van der Waals surface area contributed by atoms with E-state index in [1.807, 2.05) is 24.3 Å². The van der Waals surface area contributed by atoms with E-state index in [1.165, 1.54) is 4.90 Å². The van der Waals surface area contributed by atoms with Gasteiger partial charge < -0.3 is 10.2 Å². The molecule has 0 saturated carbocycles. The van der Waals surface area contributed by atoms with E-state index in [0.717, 1.165) is 12.0 Å². The highest BCUT2D eigenvalue weighted by Crippen LogP contribution is 2.29. The molecule has 3 heterocycles. The molecule has 4 rings (SSSR count). The van der Waals surface area contributed by atoms with Gasteiger partial charge in [-0.25, -0.2) is 0 Å². The van der Waals surface area contributed by atoms with Gasteiger partial charge in [-0.05, 0) is 55.0 Å². The molecule has 0 aliphatic carbocycles. The number of hydrogen-bond acceptors (Lipinski definition) is 5. The number of aromatic nitrogens is 2. The topological polar surface area (TPSA) is 78.4 Å². The number of nitrogens with zero attached hydrogens (tertiary/aromatic N) is 4. The van der Waals surface area contributed by atoms with Crippen molar-refractivity contribution in [3.8, 4) is 0 Å². The fourth-order valence-corrected chi connectivity index (χ4v) is 4.22. The summed E-state index contributed by atoms with van der Waals surface area (Å²) in [6.45, 7) is 1.97. The van der Waals surface area contributed by atoms with Crippen molar-refractivity contribution in [1.82, 2.24) is 20.4 Å². The second kappa shape index (κ2) is 9.86. The Labute approximate surface area is 190 Å². The first kappa shape index (κ1) is 23.2. The van der Waals surface area contributed by atoms with Crippen LogP contribution in [0.25, 0.3) is 0 Å². The van der Waals surface area contributed by atoms with Crippen molar-refractivity contribution in [1.29, 1.82) is 0 Å². The molecule has 10 heteroatoms. The van der Waals surface area contributed by atoms with E-state index in [1.54, 1.807) is 23.2 Å². The smallest absolute Gasteiger partial charge is 0.342 e. The van der Waals surface area contributed by atoms with E-state index < -0.39 is 18.5 Å². The average Bonchev–Trinajstić information content (AvgIpc) is 2.74. The molecule has 7 nitrogen and oxygen atoms in total. The summed E-state index contributed by atoms with van der Waals surface area (Å²) in [4.78, 5) is 27.7. The minimum absolute atomic E-state index is 0.0297. The Morgan fingerprint density at radius 2 is 1.79 bits per heavy atom. The summed E-state index contributed by atoms with van der Waals surface area (Å²) < 4.78 is 37.4. The molecule has 0 bridgehead atoms. The van der Waals surface area contributed by atoms with Crippen molar-refractivity contribution in [2.24, 2.45) is 11.8 Å². The first-order valence-corrected chi connectivity index (χ1v) is 11.1. The van der Waals surface area contributed by atoms with Crippen LogP contribution in [-0.4, -0.2) is 59.3 Å². The largest absolute Gasteiger partial charge is 0.397 e. The van der Waals surface area contributed by atoms with E-state index in [-0.39, 0.29) is 11.8 Å². The lowest BCUT2D eigenvalue weighted by molar-refractivity contribution is -0.162. The van der Waals surface area contributed by atoms with Gasteiger partial charge in [0, 0.05) is 32.4 Å². The zero-order chi connectivity index (χ0) is 23.4. The molecule has 2 aliphatic rings. The number of anilines is 2. The van der Waals surface area contributed by atoms with E-state index in [4.69, 9.17) is 0 Å². The molecular formula is C23H26F3N5O2. The van der Waals surface area contributed by atoms with Crippen molar-refractivity contribution >= 4 is 23.3 Å². The van der Waals surface area contributed by atoms with Crippen LogP contribution in [0.1, 0.15) is 24.8 Å². The molecular weight excluding hydrogens is 435 g/mol. The highest BCUT2D eigenvalue weighted by Gasteiger charge is 2.35. The zero-order valence-electron chi connectivity index (χ0n) is 18.1. The minimum Gasteiger partial charge on any atom is -0.342 e. The van der Waals surface area contributed by atoms with Crippen molar-refractivity contribution in [2.45, 2.75) is 31.9 Å². The third-order valence-electron chi connectivity index (χ3n) is 6.18. The first-order valence-electron chi connectivity index (χ1n) is 11.1. The van der Waals surface area contributed by atoms with Crippen molar-refractivity contribution in [2.75, 3.05) is 31.1 Å². The summed E-state index contributed by atoms with van der Waals surface area (Å²) in [5, 5.41) is 11.1. The number of likely N-dealkylation sites (tertiary alicyclic amines) is 1. The number of carbonyl (C=O) groups excluding carboxylic acids is 2. The SMILES string of the molecule is O=C(CC(F)(F)F)N1CCC(Cc2ccc(N(C(=O)C3CNC3)c3cccnn3)cc2)CC1. The highest BCUT2D eigenvalue weighted by atomic mass is 19.4. The van der Waals surface area contributed by atoms with Gasteiger partial charge in [0.05, 0.1) is 11.6 Å². The van der Waals surface area contributed by atoms with Crippen LogP contribution in [0, 0.1) is 11.8 Å². The number of alkyl halides is 3. The molecule has 2 aromatic rings. The third kappa shape index (κ3) is 5.87. The van der Waals surface area contributed by atoms with Crippen LogP contribution in [0.3, 0.4) is 0 Å². The third-order valence-corrected chi connectivity index (χ3v) is 6.18. The number of benzene rings is 1. The molecule has 2 amide bonds. The number of amides is 2. The van der Waals surface area contributed by atoms with Gasteiger partial charge in [0.2, 0.25) is 11.8 Å². The van der Waals surface area contributed by atoms with Crippen LogP contribution in [0.15, 0.2) is 42.6 Å². The predicted octanol–water partition coefficient (Wildman–Crippen LogP) is 3.09.